The maximum atomic E-state index is 11.8. The Labute approximate surface area is 139 Å². The third-order valence-electron chi connectivity index (χ3n) is 7.61. The third kappa shape index (κ3) is 1.89. The molecule has 0 amide bonds. The van der Waals surface area contributed by atoms with Gasteiger partial charge in [0, 0.05) is 11.8 Å². The number of ketones is 1. The Morgan fingerprint density at radius 2 is 2.04 bits per heavy atom. The summed E-state index contributed by atoms with van der Waals surface area (Å²) in [6.07, 6.45) is 15.4. The lowest BCUT2D eigenvalue weighted by Crippen LogP contribution is -2.52. The van der Waals surface area contributed by atoms with Crippen molar-refractivity contribution in [2.45, 2.75) is 58.0 Å². The van der Waals surface area contributed by atoms with Gasteiger partial charge in [-0.05, 0) is 74.3 Å². The van der Waals surface area contributed by atoms with E-state index in [0.717, 1.165) is 32.1 Å². The van der Waals surface area contributed by atoms with Crippen LogP contribution >= 0.6 is 0 Å². The minimum Gasteiger partial charge on any atom is -0.377 e. The zero-order chi connectivity index (χ0) is 16.4. The lowest BCUT2D eigenvalue weighted by atomic mass is 9.50. The summed E-state index contributed by atoms with van der Waals surface area (Å²) in [5, 5.41) is 11.0. The van der Waals surface area contributed by atoms with Gasteiger partial charge in [0.15, 0.2) is 5.78 Å². The molecule has 0 saturated heterocycles. The second kappa shape index (κ2) is 4.84. The molecule has 0 radical (unpaired) electrons. The van der Waals surface area contributed by atoms with Crippen molar-refractivity contribution in [3.63, 3.8) is 0 Å². The van der Waals surface area contributed by atoms with E-state index in [-0.39, 0.29) is 11.2 Å². The molecule has 23 heavy (non-hydrogen) atoms. The predicted octanol–water partition coefficient (Wildman–Crippen LogP) is 3.66. The van der Waals surface area contributed by atoms with Crippen LogP contribution in [-0.2, 0) is 4.79 Å². The molecule has 4 aliphatic rings. The fourth-order valence-electron chi connectivity index (χ4n) is 6.33. The second-order valence-electron chi connectivity index (χ2n) is 8.44. The average molecular weight is 310 g/mol. The molecule has 1 N–H and O–H groups in total. The molecule has 0 unspecified atom stereocenters. The first-order chi connectivity index (χ1) is 10.9. The summed E-state index contributed by atoms with van der Waals surface area (Å²) < 4.78 is 0. The first kappa shape index (κ1) is 15.2. The summed E-state index contributed by atoms with van der Waals surface area (Å²) in [6.45, 7) is 4.43. The predicted molar refractivity (Wildman–Crippen MR) is 90.4 cm³/mol. The maximum Gasteiger partial charge on any atom is 0.155 e. The van der Waals surface area contributed by atoms with Gasteiger partial charge in [0.1, 0.15) is 5.60 Å². The van der Waals surface area contributed by atoms with Crippen LogP contribution in [0.1, 0.15) is 52.4 Å². The van der Waals surface area contributed by atoms with Crippen LogP contribution in [0.3, 0.4) is 0 Å². The van der Waals surface area contributed by atoms with Gasteiger partial charge in [-0.2, -0.15) is 0 Å². The Balaban J connectivity index is 1.76. The molecule has 0 aromatic heterocycles. The quantitative estimate of drug-likeness (QED) is 0.693. The smallest absolute Gasteiger partial charge is 0.155 e. The van der Waals surface area contributed by atoms with Gasteiger partial charge in [-0.3, -0.25) is 4.79 Å². The average Bonchev–Trinajstić information content (AvgIpc) is 2.79. The van der Waals surface area contributed by atoms with Crippen molar-refractivity contribution >= 4 is 5.78 Å². The summed E-state index contributed by atoms with van der Waals surface area (Å²) in [6, 6.07) is 0. The van der Waals surface area contributed by atoms with Crippen LogP contribution in [0.15, 0.2) is 23.3 Å². The number of hydrogen-bond acceptors (Lipinski definition) is 2. The second-order valence-corrected chi connectivity index (χ2v) is 8.44. The van der Waals surface area contributed by atoms with E-state index in [4.69, 9.17) is 6.42 Å². The number of terminal acetylenes is 1. The van der Waals surface area contributed by atoms with Gasteiger partial charge in [-0.1, -0.05) is 24.5 Å². The number of allylic oxidation sites excluding steroid dienone is 4. The molecule has 6 atom stereocenters. The molecule has 4 aliphatic carbocycles. The number of hydrogen-bond donors (Lipinski definition) is 1. The third-order valence-corrected chi connectivity index (χ3v) is 7.61. The highest BCUT2D eigenvalue weighted by Crippen LogP contribution is 2.64. The monoisotopic (exact) mass is 310 g/mol. The van der Waals surface area contributed by atoms with Gasteiger partial charge in [-0.25, -0.2) is 0 Å². The normalized spacial score (nSPS) is 48.5. The summed E-state index contributed by atoms with van der Waals surface area (Å²) >= 11 is 0. The Kier molecular flexibility index (Phi) is 3.20. The molecule has 122 valence electrons. The van der Waals surface area contributed by atoms with Crippen molar-refractivity contribution < 1.29 is 9.90 Å². The largest absolute Gasteiger partial charge is 0.377 e. The van der Waals surface area contributed by atoms with E-state index in [9.17, 15) is 9.90 Å². The maximum absolute atomic E-state index is 11.8. The van der Waals surface area contributed by atoms with E-state index in [1.165, 1.54) is 11.1 Å². The van der Waals surface area contributed by atoms with Crippen molar-refractivity contribution in [2.75, 3.05) is 0 Å². The van der Waals surface area contributed by atoms with Crippen LogP contribution in [-0.4, -0.2) is 16.5 Å². The van der Waals surface area contributed by atoms with Crippen LogP contribution in [0, 0.1) is 41.4 Å². The highest BCUT2D eigenvalue weighted by molar-refractivity contribution is 5.92. The number of aliphatic hydroxyl groups is 1. The first-order valence-corrected chi connectivity index (χ1v) is 9.02. The van der Waals surface area contributed by atoms with Crippen LogP contribution in [0.4, 0.5) is 0 Å². The Morgan fingerprint density at radius 3 is 2.78 bits per heavy atom. The van der Waals surface area contributed by atoms with E-state index in [2.05, 4.69) is 25.8 Å². The molecule has 4 rings (SSSR count). The van der Waals surface area contributed by atoms with Crippen LogP contribution in [0.25, 0.3) is 0 Å². The van der Waals surface area contributed by atoms with Gasteiger partial charge in [-0.15, -0.1) is 6.42 Å². The summed E-state index contributed by atoms with van der Waals surface area (Å²) in [7, 11) is 0. The number of carbonyl (C=O) groups excluding carboxylic acids is 1. The highest BCUT2D eigenvalue weighted by atomic mass is 16.3. The van der Waals surface area contributed by atoms with E-state index >= 15 is 0 Å². The topological polar surface area (TPSA) is 37.3 Å². The summed E-state index contributed by atoms with van der Waals surface area (Å²) in [5.41, 5.74) is 1.55. The molecule has 2 saturated carbocycles. The minimum absolute atomic E-state index is 0.163. The SMILES string of the molecule is C#C[C@@]1(O)CC[C@@H]2[C@@H]3C(C)=CC4=CC(=O)CC[C@@H]4[C@@H]3CC[C@@]21C. The Hall–Kier alpha value is -1.33. The van der Waals surface area contributed by atoms with Crippen molar-refractivity contribution in [3.05, 3.63) is 23.3 Å². The molecule has 2 nitrogen and oxygen atoms in total. The van der Waals surface area contributed by atoms with Crippen molar-refractivity contribution in [1.29, 1.82) is 0 Å². The van der Waals surface area contributed by atoms with E-state index < -0.39 is 5.60 Å². The minimum atomic E-state index is -0.943. The Bertz CT molecular complexity index is 664. The van der Waals surface area contributed by atoms with Gasteiger partial charge in [0.05, 0.1) is 0 Å². The van der Waals surface area contributed by atoms with Crippen LogP contribution in [0.5, 0.6) is 0 Å². The molecule has 0 bridgehead atoms. The summed E-state index contributed by atoms with van der Waals surface area (Å²) in [4.78, 5) is 11.8. The van der Waals surface area contributed by atoms with Crippen LogP contribution in [0.2, 0.25) is 0 Å². The fraction of sp³-hybridized carbons (Fsp3) is 0.667. The van der Waals surface area contributed by atoms with E-state index in [0.29, 0.717) is 30.1 Å². The van der Waals surface area contributed by atoms with E-state index in [1.54, 1.807) is 0 Å². The standard InChI is InChI=1S/C21H26O2/c1-4-21(23)10-8-18-19-13(2)11-14-12-15(22)5-6-16(14)17(19)7-9-20(18,21)3/h1,11-12,16-19,23H,5-10H2,2-3H3/t16-,17-,18+,19+,20-,21+/m0/s1. The lowest BCUT2D eigenvalue weighted by molar-refractivity contribution is -0.115. The first-order valence-electron chi connectivity index (χ1n) is 9.02. The lowest BCUT2D eigenvalue weighted by Gasteiger charge is -2.54. The van der Waals surface area contributed by atoms with E-state index in [1.807, 2.05) is 6.08 Å². The molecule has 2 fully saturated rings. The van der Waals surface area contributed by atoms with Crippen LogP contribution < -0.4 is 0 Å². The number of rotatable bonds is 0. The molecule has 0 spiro atoms. The number of carbonyl (C=O) groups is 1. The molecular formula is C21H26O2. The highest BCUT2D eigenvalue weighted by Gasteiger charge is 2.62. The van der Waals surface area contributed by atoms with Gasteiger partial charge >= 0.3 is 0 Å². The van der Waals surface area contributed by atoms with Gasteiger partial charge in [0.25, 0.3) is 0 Å². The van der Waals surface area contributed by atoms with Gasteiger partial charge < -0.3 is 5.11 Å². The number of fused-ring (bicyclic) bond motifs is 5. The Morgan fingerprint density at radius 1 is 1.26 bits per heavy atom. The van der Waals surface area contributed by atoms with Crippen molar-refractivity contribution in [1.82, 2.24) is 0 Å². The zero-order valence-corrected chi connectivity index (χ0v) is 14.1. The molecule has 0 heterocycles. The molecule has 0 aromatic carbocycles. The molecule has 0 aromatic rings. The molecule has 0 aliphatic heterocycles. The molecule has 2 heteroatoms. The summed E-state index contributed by atoms with van der Waals surface area (Å²) in [5.74, 6) is 5.16. The fourth-order valence-corrected chi connectivity index (χ4v) is 6.33. The van der Waals surface area contributed by atoms with Crippen molar-refractivity contribution in [2.24, 2.45) is 29.1 Å². The van der Waals surface area contributed by atoms with Crippen molar-refractivity contribution in [3.8, 4) is 12.3 Å². The van der Waals surface area contributed by atoms with Gasteiger partial charge in [0.2, 0.25) is 0 Å². The zero-order valence-electron chi connectivity index (χ0n) is 14.1. The molecular weight excluding hydrogens is 284 g/mol.